The second-order valence-electron chi connectivity index (χ2n) is 4.44. The summed E-state index contributed by atoms with van der Waals surface area (Å²) in [4.78, 5) is 15.4. The van der Waals surface area contributed by atoms with Gasteiger partial charge in [-0.3, -0.25) is 4.79 Å². The van der Waals surface area contributed by atoms with Crippen LogP contribution < -0.4 is 5.32 Å². The van der Waals surface area contributed by atoms with E-state index < -0.39 is 11.7 Å². The predicted octanol–water partition coefficient (Wildman–Crippen LogP) is 2.93. The summed E-state index contributed by atoms with van der Waals surface area (Å²) in [5, 5.41) is 2.49. The highest BCUT2D eigenvalue weighted by atomic mass is 35.5. The molecule has 1 aromatic heterocycles. The van der Waals surface area contributed by atoms with Gasteiger partial charge in [-0.15, -0.1) is 11.6 Å². The van der Waals surface area contributed by atoms with Crippen LogP contribution in [-0.2, 0) is 23.4 Å². The SMILES string of the molecule is CNC(=O)CCn1c(CCl)nc2cc(C(F)(F)F)ccc21. The van der Waals surface area contributed by atoms with Gasteiger partial charge in [0.05, 0.1) is 22.5 Å². The average molecular weight is 320 g/mol. The van der Waals surface area contributed by atoms with Gasteiger partial charge >= 0.3 is 6.18 Å². The maximum absolute atomic E-state index is 12.7. The van der Waals surface area contributed by atoms with Crippen LogP contribution in [0.3, 0.4) is 0 Å². The van der Waals surface area contributed by atoms with E-state index in [9.17, 15) is 18.0 Å². The highest BCUT2D eigenvalue weighted by Gasteiger charge is 2.31. The molecule has 0 aliphatic rings. The molecular weight excluding hydrogens is 307 g/mol. The van der Waals surface area contributed by atoms with Crippen LogP contribution in [0, 0.1) is 0 Å². The number of hydrogen-bond acceptors (Lipinski definition) is 2. The zero-order chi connectivity index (χ0) is 15.6. The standard InChI is InChI=1S/C13H13ClF3N3O/c1-18-12(21)4-5-20-10-3-2-8(13(15,16)17)6-9(10)19-11(20)7-14/h2-3,6H,4-5,7H2,1H3,(H,18,21). The van der Waals surface area contributed by atoms with Gasteiger partial charge in [0.1, 0.15) is 5.82 Å². The van der Waals surface area contributed by atoms with E-state index in [1.165, 1.54) is 13.1 Å². The van der Waals surface area contributed by atoms with Crippen molar-refractivity contribution < 1.29 is 18.0 Å². The summed E-state index contributed by atoms with van der Waals surface area (Å²) in [6, 6.07) is 3.34. The highest BCUT2D eigenvalue weighted by Crippen LogP contribution is 2.31. The van der Waals surface area contributed by atoms with Crippen molar-refractivity contribution in [2.45, 2.75) is 25.0 Å². The Kier molecular flexibility index (Phi) is 4.41. The first-order chi connectivity index (χ1) is 9.86. The van der Waals surface area contributed by atoms with Crippen molar-refractivity contribution in [3.63, 3.8) is 0 Å². The molecule has 21 heavy (non-hydrogen) atoms. The topological polar surface area (TPSA) is 46.9 Å². The van der Waals surface area contributed by atoms with Gasteiger partial charge in [0, 0.05) is 20.0 Å². The van der Waals surface area contributed by atoms with Gasteiger partial charge in [0.25, 0.3) is 0 Å². The third-order valence-electron chi connectivity index (χ3n) is 3.12. The molecule has 0 saturated heterocycles. The van der Waals surface area contributed by atoms with E-state index in [2.05, 4.69) is 10.3 Å². The summed E-state index contributed by atoms with van der Waals surface area (Å²) in [6.07, 6.45) is -4.21. The molecule has 0 unspecified atom stereocenters. The number of carbonyl (C=O) groups excluding carboxylic acids is 1. The van der Waals surface area contributed by atoms with Crippen LogP contribution in [-0.4, -0.2) is 22.5 Å². The molecule has 2 aromatic rings. The number of nitrogens with zero attached hydrogens (tertiary/aromatic N) is 2. The van der Waals surface area contributed by atoms with Crippen molar-refractivity contribution >= 4 is 28.5 Å². The van der Waals surface area contributed by atoms with Crippen LogP contribution >= 0.6 is 11.6 Å². The summed E-state index contributed by atoms with van der Waals surface area (Å²) in [5.41, 5.74) is -0.00740. The molecule has 1 amide bonds. The molecule has 0 atom stereocenters. The van der Waals surface area contributed by atoms with E-state index in [1.54, 1.807) is 4.57 Å². The molecule has 1 N–H and O–H groups in total. The van der Waals surface area contributed by atoms with Crippen molar-refractivity contribution in [3.8, 4) is 0 Å². The van der Waals surface area contributed by atoms with E-state index in [4.69, 9.17) is 11.6 Å². The van der Waals surface area contributed by atoms with Crippen LogP contribution in [0.15, 0.2) is 18.2 Å². The van der Waals surface area contributed by atoms with Gasteiger partial charge < -0.3 is 9.88 Å². The van der Waals surface area contributed by atoms with Crippen LogP contribution in [0.2, 0.25) is 0 Å². The second kappa shape index (κ2) is 5.93. The van der Waals surface area contributed by atoms with Crippen molar-refractivity contribution in [1.29, 1.82) is 0 Å². The number of benzene rings is 1. The number of carbonyl (C=O) groups is 1. The lowest BCUT2D eigenvalue weighted by molar-refractivity contribution is -0.137. The molecule has 0 bridgehead atoms. The summed E-state index contributed by atoms with van der Waals surface area (Å²) in [5.74, 6) is 0.336. The number of imidazole rings is 1. The fourth-order valence-corrected chi connectivity index (χ4v) is 2.25. The third-order valence-corrected chi connectivity index (χ3v) is 3.35. The summed E-state index contributed by atoms with van der Waals surface area (Å²) in [7, 11) is 1.52. The van der Waals surface area contributed by atoms with E-state index in [1.807, 2.05) is 0 Å². The maximum atomic E-state index is 12.7. The average Bonchev–Trinajstić information content (AvgIpc) is 2.80. The molecular formula is C13H13ClF3N3O. The molecule has 0 spiro atoms. The van der Waals surface area contributed by atoms with Crippen molar-refractivity contribution in [2.75, 3.05) is 7.05 Å². The summed E-state index contributed by atoms with van der Waals surface area (Å²) < 4.78 is 39.7. The number of aryl methyl sites for hydroxylation is 1. The van der Waals surface area contributed by atoms with Crippen LogP contribution in [0.5, 0.6) is 0 Å². The Morgan fingerprint density at radius 2 is 2.14 bits per heavy atom. The normalized spacial score (nSPS) is 11.9. The number of amides is 1. The van der Waals surface area contributed by atoms with Gasteiger partial charge in [-0.25, -0.2) is 4.98 Å². The first kappa shape index (κ1) is 15.6. The van der Waals surface area contributed by atoms with Gasteiger partial charge in [-0.1, -0.05) is 0 Å². The lowest BCUT2D eigenvalue weighted by Gasteiger charge is -2.08. The maximum Gasteiger partial charge on any atom is 0.416 e. The fraction of sp³-hybridized carbons (Fsp3) is 0.385. The first-order valence-electron chi connectivity index (χ1n) is 6.19. The zero-order valence-corrected chi connectivity index (χ0v) is 11.9. The van der Waals surface area contributed by atoms with Crippen LogP contribution in [0.1, 0.15) is 17.8 Å². The minimum atomic E-state index is -4.42. The molecule has 0 saturated carbocycles. The minimum Gasteiger partial charge on any atom is -0.359 e. The lowest BCUT2D eigenvalue weighted by atomic mass is 10.2. The van der Waals surface area contributed by atoms with E-state index in [-0.39, 0.29) is 23.7 Å². The molecule has 114 valence electrons. The molecule has 0 aliphatic heterocycles. The third kappa shape index (κ3) is 3.29. The molecule has 4 nitrogen and oxygen atoms in total. The fourth-order valence-electron chi connectivity index (χ4n) is 2.05. The number of nitrogens with one attached hydrogen (secondary N) is 1. The number of aromatic nitrogens is 2. The van der Waals surface area contributed by atoms with Gasteiger partial charge in [-0.2, -0.15) is 13.2 Å². The number of hydrogen-bond donors (Lipinski definition) is 1. The van der Waals surface area contributed by atoms with Crippen LogP contribution in [0.4, 0.5) is 13.2 Å². The lowest BCUT2D eigenvalue weighted by Crippen LogP contribution is -2.20. The van der Waals surface area contributed by atoms with E-state index >= 15 is 0 Å². The van der Waals surface area contributed by atoms with E-state index in [0.29, 0.717) is 17.9 Å². The van der Waals surface area contributed by atoms with Crippen molar-refractivity contribution in [1.82, 2.24) is 14.9 Å². The summed E-state index contributed by atoms with van der Waals surface area (Å²) >= 11 is 5.78. The highest BCUT2D eigenvalue weighted by molar-refractivity contribution is 6.16. The zero-order valence-electron chi connectivity index (χ0n) is 11.2. The van der Waals surface area contributed by atoms with E-state index in [0.717, 1.165) is 12.1 Å². The van der Waals surface area contributed by atoms with Gasteiger partial charge in [-0.05, 0) is 18.2 Å². The number of fused-ring (bicyclic) bond motifs is 1. The Balaban J connectivity index is 2.42. The number of rotatable bonds is 4. The Bertz CT molecular complexity index is 666. The Morgan fingerprint density at radius 1 is 1.43 bits per heavy atom. The van der Waals surface area contributed by atoms with Gasteiger partial charge in [0.2, 0.25) is 5.91 Å². The molecule has 1 aromatic carbocycles. The second-order valence-corrected chi connectivity index (χ2v) is 4.70. The van der Waals surface area contributed by atoms with Gasteiger partial charge in [0.15, 0.2) is 0 Å². The molecule has 2 rings (SSSR count). The molecule has 0 aliphatic carbocycles. The minimum absolute atomic E-state index is 0.0593. The molecule has 0 fully saturated rings. The Labute approximate surface area is 123 Å². The Hall–Kier alpha value is -1.76. The summed E-state index contributed by atoms with van der Waals surface area (Å²) in [6.45, 7) is 0.309. The quantitative estimate of drug-likeness (QED) is 0.881. The number of halogens is 4. The Morgan fingerprint density at radius 3 is 2.71 bits per heavy atom. The smallest absolute Gasteiger partial charge is 0.359 e. The largest absolute Gasteiger partial charge is 0.416 e. The first-order valence-corrected chi connectivity index (χ1v) is 6.73. The number of alkyl halides is 4. The van der Waals surface area contributed by atoms with Crippen molar-refractivity contribution in [3.05, 3.63) is 29.6 Å². The van der Waals surface area contributed by atoms with Crippen molar-refractivity contribution in [2.24, 2.45) is 0 Å². The van der Waals surface area contributed by atoms with Crippen LogP contribution in [0.25, 0.3) is 11.0 Å². The predicted molar refractivity (Wildman–Crippen MR) is 73.0 cm³/mol. The molecule has 0 radical (unpaired) electrons. The molecule has 1 heterocycles. The monoisotopic (exact) mass is 319 g/mol. The molecule has 8 heteroatoms.